The van der Waals surface area contributed by atoms with Gasteiger partial charge in [0.15, 0.2) is 0 Å². The van der Waals surface area contributed by atoms with Crippen molar-refractivity contribution in [2.24, 2.45) is 0 Å². The molecule has 0 aliphatic heterocycles. The number of ether oxygens (including phenoxy) is 1. The Morgan fingerprint density at radius 2 is 1.57 bits per heavy atom. The van der Waals surface area contributed by atoms with Crippen LogP contribution in [0.2, 0.25) is 0 Å². The first kappa shape index (κ1) is 19.3. The molecule has 0 unspecified atom stereocenters. The third-order valence-corrected chi connectivity index (χ3v) is 2.67. The van der Waals surface area contributed by atoms with Crippen LogP contribution in [0.1, 0.15) is 32.6 Å². The van der Waals surface area contributed by atoms with Crippen molar-refractivity contribution in [3.63, 3.8) is 0 Å². The molecule has 0 aliphatic carbocycles. The van der Waals surface area contributed by atoms with Crippen molar-refractivity contribution in [2.75, 3.05) is 32.9 Å². The van der Waals surface area contributed by atoms with Crippen LogP contribution < -0.4 is 5.32 Å². The van der Waals surface area contributed by atoms with Crippen molar-refractivity contribution in [1.29, 1.82) is 0 Å². The second kappa shape index (κ2) is 12.1. The quantitative estimate of drug-likeness (QED) is 0.250. The standard InChI is InChI=1S/C13H24N2O6/c1-11(16)21-10-14-6-4-2-3-5-7-15(8-12(17)18)9-13(19)20/h14H,2-10H2,1H3,(H,17,18)(H,19,20). The maximum atomic E-state index is 10.6. The lowest BCUT2D eigenvalue weighted by atomic mass is 10.2. The zero-order valence-corrected chi connectivity index (χ0v) is 12.3. The van der Waals surface area contributed by atoms with Crippen molar-refractivity contribution >= 4 is 17.9 Å². The van der Waals surface area contributed by atoms with Gasteiger partial charge in [-0.05, 0) is 25.9 Å². The smallest absolute Gasteiger partial charge is 0.317 e. The molecule has 0 fully saturated rings. The number of carbonyl (C=O) groups is 3. The van der Waals surface area contributed by atoms with Gasteiger partial charge < -0.3 is 14.9 Å². The fraction of sp³-hybridized carbons (Fsp3) is 0.769. The lowest BCUT2D eigenvalue weighted by molar-refractivity contribution is -0.143. The molecule has 0 amide bonds. The minimum absolute atomic E-state index is 0.209. The molecular weight excluding hydrogens is 280 g/mol. The number of carboxylic acid groups (broad SMARTS) is 2. The first-order chi connectivity index (χ1) is 9.91. The molecule has 0 saturated carbocycles. The number of nitrogens with one attached hydrogen (secondary N) is 1. The molecule has 0 spiro atoms. The van der Waals surface area contributed by atoms with Gasteiger partial charge in [-0.3, -0.25) is 24.6 Å². The number of hydrogen-bond acceptors (Lipinski definition) is 6. The molecule has 8 nitrogen and oxygen atoms in total. The van der Waals surface area contributed by atoms with Crippen LogP contribution in [0, 0.1) is 0 Å². The highest BCUT2D eigenvalue weighted by Crippen LogP contribution is 2.01. The second-order valence-electron chi connectivity index (χ2n) is 4.69. The summed E-state index contributed by atoms with van der Waals surface area (Å²) in [5.41, 5.74) is 0. The highest BCUT2D eigenvalue weighted by Gasteiger charge is 2.12. The minimum Gasteiger partial charge on any atom is -0.480 e. The first-order valence-electron chi connectivity index (χ1n) is 6.92. The van der Waals surface area contributed by atoms with Gasteiger partial charge in [-0.1, -0.05) is 12.8 Å². The Bertz CT molecular complexity index is 319. The van der Waals surface area contributed by atoms with Gasteiger partial charge in [0.25, 0.3) is 0 Å². The summed E-state index contributed by atoms with van der Waals surface area (Å²) >= 11 is 0. The third kappa shape index (κ3) is 14.5. The van der Waals surface area contributed by atoms with Crippen LogP contribution in [0.5, 0.6) is 0 Å². The fourth-order valence-corrected chi connectivity index (χ4v) is 1.76. The third-order valence-electron chi connectivity index (χ3n) is 2.67. The van der Waals surface area contributed by atoms with Crippen molar-refractivity contribution in [2.45, 2.75) is 32.6 Å². The van der Waals surface area contributed by atoms with Crippen LogP contribution >= 0.6 is 0 Å². The molecule has 0 aromatic carbocycles. The molecule has 0 atom stereocenters. The Hall–Kier alpha value is -1.67. The number of nitrogens with zero attached hydrogens (tertiary/aromatic N) is 1. The lowest BCUT2D eigenvalue weighted by Gasteiger charge is -2.17. The first-order valence-corrected chi connectivity index (χ1v) is 6.92. The van der Waals surface area contributed by atoms with Crippen LogP contribution in [-0.4, -0.2) is 65.9 Å². The topological polar surface area (TPSA) is 116 Å². The SMILES string of the molecule is CC(=O)OCNCCCCCCN(CC(=O)O)CC(=O)O. The molecule has 8 heteroatoms. The number of esters is 1. The maximum Gasteiger partial charge on any atom is 0.317 e. The van der Waals surface area contributed by atoms with E-state index >= 15 is 0 Å². The van der Waals surface area contributed by atoms with E-state index in [1.54, 1.807) is 0 Å². The van der Waals surface area contributed by atoms with Gasteiger partial charge >= 0.3 is 17.9 Å². The van der Waals surface area contributed by atoms with Gasteiger partial charge in [0.2, 0.25) is 0 Å². The van der Waals surface area contributed by atoms with Crippen LogP contribution in [0.15, 0.2) is 0 Å². The average Bonchev–Trinajstić information content (AvgIpc) is 2.34. The minimum atomic E-state index is -1.02. The van der Waals surface area contributed by atoms with Crippen LogP contribution in [0.4, 0.5) is 0 Å². The van der Waals surface area contributed by atoms with Crippen LogP contribution in [0.25, 0.3) is 0 Å². The van der Waals surface area contributed by atoms with Crippen molar-refractivity contribution < 1.29 is 29.3 Å². The largest absolute Gasteiger partial charge is 0.480 e. The molecule has 3 N–H and O–H groups in total. The zero-order valence-electron chi connectivity index (χ0n) is 12.3. The number of rotatable bonds is 13. The number of unbranched alkanes of at least 4 members (excludes halogenated alkanes) is 3. The highest BCUT2D eigenvalue weighted by molar-refractivity contribution is 5.72. The summed E-state index contributed by atoms with van der Waals surface area (Å²) < 4.78 is 4.71. The van der Waals surface area contributed by atoms with E-state index in [0.29, 0.717) is 6.54 Å². The number of aliphatic carboxylic acids is 2. The summed E-state index contributed by atoms with van der Waals surface area (Å²) in [5.74, 6) is -2.36. The van der Waals surface area contributed by atoms with Crippen molar-refractivity contribution in [1.82, 2.24) is 10.2 Å². The van der Waals surface area contributed by atoms with Gasteiger partial charge in [-0.25, -0.2) is 0 Å². The summed E-state index contributed by atoms with van der Waals surface area (Å²) in [6.45, 7) is 2.25. The molecule has 21 heavy (non-hydrogen) atoms. The molecule has 0 bridgehead atoms. The molecule has 122 valence electrons. The van der Waals surface area contributed by atoms with Crippen molar-refractivity contribution in [3.05, 3.63) is 0 Å². The van der Waals surface area contributed by atoms with Crippen molar-refractivity contribution in [3.8, 4) is 0 Å². The molecular formula is C13H24N2O6. The maximum absolute atomic E-state index is 10.6. The Labute approximate surface area is 124 Å². The van der Waals surface area contributed by atoms with Gasteiger partial charge in [0.05, 0.1) is 13.1 Å². The predicted octanol–water partition coefficient (Wildman–Crippen LogP) is 0.128. The van der Waals surface area contributed by atoms with Crippen LogP contribution in [0.3, 0.4) is 0 Å². The Morgan fingerprint density at radius 3 is 2.10 bits per heavy atom. The molecule has 0 aliphatic rings. The van der Waals surface area contributed by atoms with Gasteiger partial charge in [0, 0.05) is 6.92 Å². The van der Waals surface area contributed by atoms with E-state index in [1.807, 2.05) is 0 Å². The normalized spacial score (nSPS) is 10.6. The van der Waals surface area contributed by atoms with E-state index in [4.69, 9.17) is 14.9 Å². The summed E-state index contributed by atoms with van der Waals surface area (Å²) in [5, 5.41) is 20.3. The van der Waals surface area contributed by atoms with Gasteiger partial charge in [0.1, 0.15) is 6.73 Å². The highest BCUT2D eigenvalue weighted by atomic mass is 16.5. The summed E-state index contributed by atoms with van der Waals surface area (Å²) in [6, 6.07) is 0. The molecule has 0 heterocycles. The number of carboxylic acids is 2. The summed E-state index contributed by atoms with van der Waals surface area (Å²) in [6.07, 6.45) is 3.51. The number of carbonyl (C=O) groups excluding carboxylic acids is 1. The Balaban J connectivity index is 3.55. The molecule has 0 aromatic rings. The Kier molecular flexibility index (Phi) is 11.1. The molecule has 0 aromatic heterocycles. The Morgan fingerprint density at radius 1 is 1.00 bits per heavy atom. The summed E-state index contributed by atoms with van der Waals surface area (Å²) in [7, 11) is 0. The molecule has 0 rings (SSSR count). The van der Waals surface area contributed by atoms with E-state index in [0.717, 1.165) is 32.2 Å². The average molecular weight is 304 g/mol. The van der Waals surface area contributed by atoms with E-state index in [9.17, 15) is 14.4 Å². The fourth-order valence-electron chi connectivity index (χ4n) is 1.76. The molecule has 0 radical (unpaired) electrons. The van der Waals surface area contributed by atoms with E-state index < -0.39 is 11.9 Å². The van der Waals surface area contributed by atoms with Crippen LogP contribution in [-0.2, 0) is 19.1 Å². The van der Waals surface area contributed by atoms with E-state index in [1.165, 1.54) is 11.8 Å². The monoisotopic (exact) mass is 304 g/mol. The van der Waals surface area contributed by atoms with E-state index in [-0.39, 0.29) is 25.8 Å². The zero-order chi connectivity index (χ0) is 16.1. The van der Waals surface area contributed by atoms with Gasteiger partial charge in [-0.15, -0.1) is 0 Å². The predicted molar refractivity (Wildman–Crippen MR) is 74.8 cm³/mol. The number of hydrogen-bond donors (Lipinski definition) is 3. The lowest BCUT2D eigenvalue weighted by Crippen LogP contribution is -2.35. The summed E-state index contributed by atoms with van der Waals surface area (Å²) in [4.78, 5) is 33.1. The second-order valence-corrected chi connectivity index (χ2v) is 4.69. The van der Waals surface area contributed by atoms with E-state index in [2.05, 4.69) is 5.32 Å². The molecule has 0 saturated heterocycles. The van der Waals surface area contributed by atoms with Gasteiger partial charge in [-0.2, -0.15) is 0 Å².